The van der Waals surface area contributed by atoms with E-state index in [-0.39, 0.29) is 17.1 Å². The van der Waals surface area contributed by atoms with E-state index in [1.54, 1.807) is 37.2 Å². The minimum Gasteiger partial charge on any atom is -0.665 e. The second-order valence-electron chi connectivity index (χ2n) is 9.65. The van der Waals surface area contributed by atoms with Crippen LogP contribution < -0.4 is 31.3 Å². The summed E-state index contributed by atoms with van der Waals surface area (Å²) in [6.07, 6.45) is 34.8. The number of hydrogen-bond acceptors (Lipinski definition) is 0. The summed E-state index contributed by atoms with van der Waals surface area (Å²) < 4.78 is 0. The molecule has 210 valence electrons. The van der Waals surface area contributed by atoms with Gasteiger partial charge in [0.05, 0.1) is 0 Å². The van der Waals surface area contributed by atoms with Crippen molar-refractivity contribution in [3.63, 3.8) is 0 Å². The van der Waals surface area contributed by atoms with Crippen molar-refractivity contribution in [3.8, 4) is 0 Å². The smallest absolute Gasteiger partial charge is 0.665 e. The fourth-order valence-electron chi connectivity index (χ4n) is 5.04. The van der Waals surface area contributed by atoms with Gasteiger partial charge in [-0.1, -0.05) is 109 Å². The average Bonchev–Trinajstić information content (AvgIpc) is 3.09. The molecule has 0 atom stereocenters. The summed E-state index contributed by atoms with van der Waals surface area (Å²) in [4.78, 5) is 0. The second-order valence-corrected chi connectivity index (χ2v) is 9.65. The van der Waals surface area contributed by atoms with Crippen molar-refractivity contribution in [1.82, 2.24) is 0 Å². The summed E-state index contributed by atoms with van der Waals surface area (Å²) in [5.74, 6) is 0. The number of hydrogen-bond donors (Lipinski definition) is 0. The van der Waals surface area contributed by atoms with Gasteiger partial charge in [-0.25, -0.2) is 0 Å². The molecule has 0 aromatic heterocycles. The fourth-order valence-corrected chi connectivity index (χ4v) is 5.04. The predicted octanol–water partition coefficient (Wildman–Crippen LogP) is 6.94. The molecular formula is C36H24FeN6-4. The van der Waals surface area contributed by atoms with Crippen molar-refractivity contribution in [2.75, 3.05) is 0 Å². The molecule has 0 amide bonds. The van der Waals surface area contributed by atoms with Crippen LogP contribution in [0.3, 0.4) is 0 Å². The number of fused-ring (bicyclic) bond motifs is 9. The Bertz CT molecular complexity index is 1750. The molecule has 6 heterocycles. The number of allylic oxidation sites excluding steroid dienone is 6. The average molecular weight is 596 g/mol. The Labute approximate surface area is 260 Å². The maximum atomic E-state index is 4.35. The maximum Gasteiger partial charge on any atom is 2.00 e. The summed E-state index contributed by atoms with van der Waals surface area (Å²) in [5.41, 5.74) is 5.86. The third-order valence-electron chi connectivity index (χ3n) is 7.03. The summed E-state index contributed by atoms with van der Waals surface area (Å²) in [6, 6.07) is 12.5. The van der Waals surface area contributed by atoms with E-state index < -0.39 is 0 Å². The van der Waals surface area contributed by atoms with Crippen LogP contribution in [0.4, 0.5) is 34.1 Å². The van der Waals surface area contributed by atoms with Crippen LogP contribution in [-0.4, -0.2) is 0 Å². The van der Waals surface area contributed by atoms with Crippen LogP contribution in [0.1, 0.15) is 0 Å². The molecule has 0 N–H and O–H groups in total. The summed E-state index contributed by atoms with van der Waals surface area (Å²) in [7, 11) is 0. The van der Waals surface area contributed by atoms with Crippen molar-refractivity contribution in [2.24, 2.45) is 0 Å². The Balaban J connectivity index is 0.000000113. The van der Waals surface area contributed by atoms with E-state index in [0.29, 0.717) is 0 Å². The molecule has 0 radical (unpaired) electrons. The topological polar surface area (TPSA) is 84.6 Å². The molecule has 43 heavy (non-hydrogen) atoms. The van der Waals surface area contributed by atoms with Gasteiger partial charge in [0.1, 0.15) is 0 Å². The van der Waals surface area contributed by atoms with E-state index >= 15 is 0 Å². The Morgan fingerprint density at radius 1 is 0.256 bits per heavy atom. The Morgan fingerprint density at radius 3 is 0.581 bits per heavy atom. The number of nitrogens with zero attached hydrogens (tertiary/aromatic N) is 6. The molecule has 0 saturated carbocycles. The molecule has 3 aromatic rings. The van der Waals surface area contributed by atoms with Crippen LogP contribution >= 0.6 is 0 Å². The predicted molar refractivity (Wildman–Crippen MR) is 177 cm³/mol. The van der Waals surface area contributed by atoms with E-state index in [4.69, 9.17) is 0 Å². The van der Waals surface area contributed by atoms with E-state index in [1.807, 2.05) is 36.5 Å². The number of rotatable bonds is 0. The van der Waals surface area contributed by atoms with E-state index in [2.05, 4.69) is 105 Å². The molecule has 0 unspecified atom stereocenters. The standard InChI is InChI=1S/3C12H8N2.Fe/c3*1-3-9-5-6-10-4-2-8-14-12(10)11(9)13-7-1;/h3*1-8H;/q3*-2;+2. The van der Waals surface area contributed by atoms with Crippen LogP contribution in [0.15, 0.2) is 110 Å². The van der Waals surface area contributed by atoms with Crippen molar-refractivity contribution >= 4 is 70.6 Å². The summed E-state index contributed by atoms with van der Waals surface area (Å²) in [6.45, 7) is 0. The molecule has 0 spiro atoms. The minimum atomic E-state index is 0. The zero-order chi connectivity index (χ0) is 28.1. The van der Waals surface area contributed by atoms with Gasteiger partial charge < -0.3 is 31.9 Å². The SMILES string of the molecule is C1=C[N-]c2c3c(ccc2=C1)=CC=C[N-]3.C1=C[N-]c2c3c(ccc2=C1)=CC=C[N-]3.C1=C[N-]c2c3c(ccc2=C1)=CC=C[N-]3.[Fe+2]. The third-order valence-corrected chi connectivity index (χ3v) is 7.03. The molecule has 6 aliphatic rings. The largest absolute Gasteiger partial charge is 2.00 e. The van der Waals surface area contributed by atoms with E-state index in [1.165, 1.54) is 0 Å². The van der Waals surface area contributed by atoms with Gasteiger partial charge in [-0.3, -0.25) is 0 Å². The van der Waals surface area contributed by atoms with Crippen molar-refractivity contribution < 1.29 is 17.1 Å². The Morgan fingerprint density at radius 2 is 0.419 bits per heavy atom. The van der Waals surface area contributed by atoms with Gasteiger partial charge in [0.15, 0.2) is 0 Å². The first-order valence-electron chi connectivity index (χ1n) is 13.6. The zero-order valence-corrected chi connectivity index (χ0v) is 24.0. The van der Waals surface area contributed by atoms with Crippen LogP contribution in [-0.2, 0) is 17.1 Å². The van der Waals surface area contributed by atoms with Crippen LogP contribution in [0.25, 0.3) is 68.4 Å². The molecule has 3 aromatic carbocycles. The van der Waals surface area contributed by atoms with Gasteiger partial charge in [0, 0.05) is 0 Å². The molecular weight excluding hydrogens is 572 g/mol. The quantitative estimate of drug-likeness (QED) is 0.252. The maximum absolute atomic E-state index is 4.35. The first kappa shape index (κ1) is 27.8. The fraction of sp³-hybridized carbons (Fsp3) is 0. The normalized spacial score (nSPS) is 15.1. The van der Waals surface area contributed by atoms with Crippen LogP contribution in [0, 0.1) is 0 Å². The van der Waals surface area contributed by atoms with E-state index in [9.17, 15) is 0 Å². The van der Waals surface area contributed by atoms with Crippen molar-refractivity contribution in [1.29, 1.82) is 0 Å². The molecule has 7 heteroatoms. The summed E-state index contributed by atoms with van der Waals surface area (Å²) >= 11 is 0. The Kier molecular flexibility index (Phi) is 8.18. The van der Waals surface area contributed by atoms with Gasteiger partial charge in [0.2, 0.25) is 0 Å². The molecule has 9 rings (SSSR count). The first-order valence-corrected chi connectivity index (χ1v) is 13.6. The van der Waals surface area contributed by atoms with Gasteiger partial charge in [-0.2, -0.15) is 37.2 Å². The summed E-state index contributed by atoms with van der Waals surface area (Å²) in [5, 5.41) is 32.9. The monoisotopic (exact) mass is 596 g/mol. The molecule has 6 nitrogen and oxygen atoms in total. The molecule has 0 saturated heterocycles. The minimum absolute atomic E-state index is 0. The van der Waals surface area contributed by atoms with Crippen molar-refractivity contribution in [3.05, 3.63) is 173 Å². The van der Waals surface area contributed by atoms with Gasteiger partial charge in [0.25, 0.3) is 0 Å². The second kappa shape index (κ2) is 12.7. The molecule has 0 fully saturated rings. The zero-order valence-electron chi connectivity index (χ0n) is 22.9. The molecule has 6 aliphatic heterocycles. The van der Waals surface area contributed by atoms with Gasteiger partial charge in [-0.05, 0) is 31.3 Å². The van der Waals surface area contributed by atoms with Crippen LogP contribution in [0.5, 0.6) is 0 Å². The molecule has 0 bridgehead atoms. The number of benzene rings is 3. The van der Waals surface area contributed by atoms with Gasteiger partial charge in [-0.15, -0.1) is 34.1 Å². The van der Waals surface area contributed by atoms with Crippen LogP contribution in [0.2, 0.25) is 0 Å². The van der Waals surface area contributed by atoms with Gasteiger partial charge >= 0.3 is 17.1 Å². The third kappa shape index (κ3) is 5.72. The first-order chi connectivity index (χ1) is 20.8. The molecule has 0 aliphatic carbocycles. The Hall–Kier alpha value is -5.36. The van der Waals surface area contributed by atoms with E-state index in [0.717, 1.165) is 65.4 Å². The van der Waals surface area contributed by atoms with Crippen molar-refractivity contribution in [2.45, 2.75) is 0 Å².